The standard InChI is InChI=1S/C15H21NO2/c1-5-14-12-9-8-11(18-4)10-13(12)15(6-2,7-3)16(14)17/h8-10H,5-7H2,1-4H3. The van der Waals surface area contributed by atoms with E-state index in [9.17, 15) is 5.21 Å². The molecule has 0 aromatic heterocycles. The summed E-state index contributed by atoms with van der Waals surface area (Å²) in [6, 6.07) is 5.98. The smallest absolute Gasteiger partial charge is 0.198 e. The maximum absolute atomic E-state index is 12.6. The molecule has 1 heterocycles. The van der Waals surface area contributed by atoms with Gasteiger partial charge in [0.25, 0.3) is 0 Å². The van der Waals surface area contributed by atoms with Crippen LogP contribution in [0.5, 0.6) is 5.75 Å². The summed E-state index contributed by atoms with van der Waals surface area (Å²) < 4.78 is 6.53. The number of hydrogen-bond acceptors (Lipinski definition) is 2. The number of benzene rings is 1. The van der Waals surface area contributed by atoms with Crippen molar-refractivity contribution in [2.75, 3.05) is 7.11 Å². The van der Waals surface area contributed by atoms with Gasteiger partial charge >= 0.3 is 0 Å². The summed E-state index contributed by atoms with van der Waals surface area (Å²) in [4.78, 5) is 0. The highest BCUT2D eigenvalue weighted by Gasteiger charge is 2.47. The molecule has 1 aliphatic heterocycles. The zero-order chi connectivity index (χ0) is 13.3. The summed E-state index contributed by atoms with van der Waals surface area (Å²) in [6.45, 7) is 6.20. The Morgan fingerprint density at radius 2 is 1.89 bits per heavy atom. The number of hydrogen-bond donors (Lipinski definition) is 0. The highest BCUT2D eigenvalue weighted by Crippen LogP contribution is 2.42. The van der Waals surface area contributed by atoms with Gasteiger partial charge in [0, 0.05) is 24.8 Å². The van der Waals surface area contributed by atoms with Gasteiger partial charge < -0.3 is 9.94 Å². The van der Waals surface area contributed by atoms with Gasteiger partial charge in [-0.05, 0) is 18.2 Å². The molecule has 3 heteroatoms. The molecule has 0 saturated carbocycles. The molecule has 1 aliphatic rings. The van der Waals surface area contributed by atoms with E-state index in [1.165, 1.54) is 4.74 Å². The van der Waals surface area contributed by atoms with Crippen molar-refractivity contribution in [1.82, 2.24) is 0 Å². The van der Waals surface area contributed by atoms with Crippen LogP contribution < -0.4 is 4.74 Å². The molecule has 0 bridgehead atoms. The van der Waals surface area contributed by atoms with Gasteiger partial charge in [0.15, 0.2) is 11.3 Å². The van der Waals surface area contributed by atoms with E-state index in [0.29, 0.717) is 0 Å². The van der Waals surface area contributed by atoms with E-state index in [1.54, 1.807) is 7.11 Å². The van der Waals surface area contributed by atoms with Gasteiger partial charge in [-0.15, -0.1) is 0 Å². The van der Waals surface area contributed by atoms with E-state index < -0.39 is 5.54 Å². The predicted molar refractivity (Wildman–Crippen MR) is 73.3 cm³/mol. The molecule has 1 aromatic carbocycles. The fraction of sp³-hybridized carbons (Fsp3) is 0.533. The summed E-state index contributed by atoms with van der Waals surface area (Å²) in [5, 5.41) is 12.6. The summed E-state index contributed by atoms with van der Waals surface area (Å²) in [5.41, 5.74) is 2.71. The quantitative estimate of drug-likeness (QED) is 0.603. The monoisotopic (exact) mass is 247 g/mol. The molecule has 2 rings (SSSR count). The molecule has 0 N–H and O–H groups in total. The fourth-order valence-electron chi connectivity index (χ4n) is 3.02. The van der Waals surface area contributed by atoms with Gasteiger partial charge in [-0.3, -0.25) is 0 Å². The molecule has 0 aliphatic carbocycles. The average Bonchev–Trinajstić information content (AvgIpc) is 2.66. The summed E-state index contributed by atoms with van der Waals surface area (Å²) >= 11 is 0. The molecular formula is C15H21NO2. The summed E-state index contributed by atoms with van der Waals surface area (Å²) in [5.74, 6) is 0.825. The molecule has 98 valence electrons. The van der Waals surface area contributed by atoms with Crippen molar-refractivity contribution >= 4 is 5.71 Å². The second-order valence-electron chi connectivity index (χ2n) is 4.74. The first-order valence-electron chi connectivity index (χ1n) is 6.66. The van der Waals surface area contributed by atoms with Crippen LogP contribution in [0.2, 0.25) is 0 Å². The largest absolute Gasteiger partial charge is 0.623 e. The summed E-state index contributed by atoms with van der Waals surface area (Å²) in [7, 11) is 1.66. The Hall–Kier alpha value is -1.51. The third-order valence-electron chi connectivity index (χ3n) is 4.18. The zero-order valence-electron chi connectivity index (χ0n) is 11.6. The first-order chi connectivity index (χ1) is 8.64. The molecule has 1 aromatic rings. The van der Waals surface area contributed by atoms with Gasteiger partial charge in [0.2, 0.25) is 0 Å². The first-order valence-corrected chi connectivity index (χ1v) is 6.66. The Balaban J connectivity index is 2.69. The van der Waals surface area contributed by atoms with Gasteiger partial charge in [0.05, 0.1) is 12.7 Å². The lowest BCUT2D eigenvalue weighted by atomic mass is 9.84. The van der Waals surface area contributed by atoms with Crippen molar-refractivity contribution in [1.29, 1.82) is 0 Å². The molecule has 0 fully saturated rings. The van der Waals surface area contributed by atoms with Crippen molar-refractivity contribution < 1.29 is 9.48 Å². The SMILES string of the molecule is CCC1=[N+]([O-])C(CC)(CC)c2cc(OC)ccc21. The van der Waals surface area contributed by atoms with Crippen LogP contribution in [0.4, 0.5) is 0 Å². The number of hydroxylamine groups is 1. The third-order valence-corrected chi connectivity index (χ3v) is 4.18. The zero-order valence-corrected chi connectivity index (χ0v) is 11.6. The van der Waals surface area contributed by atoms with Gasteiger partial charge in [0.1, 0.15) is 5.75 Å². The van der Waals surface area contributed by atoms with Gasteiger partial charge in [-0.1, -0.05) is 20.8 Å². The molecule has 0 radical (unpaired) electrons. The van der Waals surface area contributed by atoms with Crippen molar-refractivity contribution in [3.63, 3.8) is 0 Å². The minimum atomic E-state index is -0.408. The molecule has 0 amide bonds. The van der Waals surface area contributed by atoms with Crippen molar-refractivity contribution in [3.05, 3.63) is 34.5 Å². The van der Waals surface area contributed by atoms with E-state index in [4.69, 9.17) is 4.74 Å². The number of methoxy groups -OCH3 is 1. The van der Waals surface area contributed by atoms with Crippen LogP contribution in [0.25, 0.3) is 0 Å². The molecule has 0 spiro atoms. The molecule has 0 unspecified atom stereocenters. The van der Waals surface area contributed by atoms with Gasteiger partial charge in [-0.25, -0.2) is 0 Å². The molecule has 3 nitrogen and oxygen atoms in total. The number of nitrogens with zero attached hydrogens (tertiary/aromatic N) is 1. The van der Waals surface area contributed by atoms with Crippen molar-refractivity contribution in [2.45, 2.75) is 45.6 Å². The molecule has 18 heavy (non-hydrogen) atoms. The maximum Gasteiger partial charge on any atom is 0.198 e. The van der Waals surface area contributed by atoms with Crippen LogP contribution in [-0.2, 0) is 5.54 Å². The normalized spacial score (nSPS) is 16.9. The fourth-order valence-corrected chi connectivity index (χ4v) is 3.02. The highest BCUT2D eigenvalue weighted by molar-refractivity contribution is 6.00. The van der Waals surface area contributed by atoms with Crippen LogP contribution in [-0.4, -0.2) is 17.6 Å². The lowest BCUT2D eigenvalue weighted by Crippen LogP contribution is -2.33. The first kappa shape index (κ1) is 12.9. The molecular weight excluding hydrogens is 226 g/mol. The van der Waals surface area contributed by atoms with Crippen LogP contribution in [0, 0.1) is 5.21 Å². The highest BCUT2D eigenvalue weighted by atomic mass is 16.5. The van der Waals surface area contributed by atoms with Crippen molar-refractivity contribution in [2.24, 2.45) is 0 Å². The lowest BCUT2D eigenvalue weighted by Gasteiger charge is -2.27. The van der Waals surface area contributed by atoms with E-state index in [2.05, 4.69) is 13.8 Å². The minimum Gasteiger partial charge on any atom is -0.623 e. The molecule has 0 atom stereocenters. The lowest BCUT2D eigenvalue weighted by molar-refractivity contribution is -0.557. The van der Waals surface area contributed by atoms with E-state index >= 15 is 0 Å². The Morgan fingerprint density at radius 1 is 1.22 bits per heavy atom. The summed E-state index contributed by atoms with van der Waals surface area (Å²) in [6.07, 6.45) is 2.40. The van der Waals surface area contributed by atoms with Crippen molar-refractivity contribution in [3.8, 4) is 5.75 Å². The Morgan fingerprint density at radius 3 is 2.39 bits per heavy atom. The van der Waals surface area contributed by atoms with E-state index in [1.807, 2.05) is 25.1 Å². The predicted octanol–water partition coefficient (Wildman–Crippen LogP) is 3.43. The van der Waals surface area contributed by atoms with Gasteiger partial charge in [-0.2, -0.15) is 4.74 Å². The second-order valence-corrected chi connectivity index (χ2v) is 4.74. The Bertz CT molecular complexity index is 487. The van der Waals surface area contributed by atoms with E-state index in [-0.39, 0.29) is 0 Å². The Labute approximate surface area is 109 Å². The van der Waals surface area contributed by atoms with E-state index in [0.717, 1.165) is 41.9 Å². The maximum atomic E-state index is 12.6. The van der Waals surface area contributed by atoms with Crippen LogP contribution in [0.15, 0.2) is 18.2 Å². The average molecular weight is 247 g/mol. The van der Waals surface area contributed by atoms with Crippen LogP contribution >= 0.6 is 0 Å². The minimum absolute atomic E-state index is 0.408. The number of rotatable bonds is 4. The Kier molecular flexibility index (Phi) is 3.33. The van der Waals surface area contributed by atoms with Crippen LogP contribution in [0.1, 0.15) is 51.2 Å². The van der Waals surface area contributed by atoms with Crippen LogP contribution in [0.3, 0.4) is 0 Å². The number of ether oxygens (including phenoxy) is 1. The molecule has 0 saturated heterocycles. The third kappa shape index (κ3) is 1.53. The number of fused-ring (bicyclic) bond motifs is 1. The topological polar surface area (TPSA) is 35.3 Å². The second kappa shape index (κ2) is 4.63.